The second kappa shape index (κ2) is 42.8. The molecule has 300 valence electrons. The fourth-order valence-electron chi connectivity index (χ4n) is 7.54. The average Bonchev–Trinajstić information content (AvgIpc) is 3.12. The molecule has 0 aromatic carbocycles. The van der Waals surface area contributed by atoms with Gasteiger partial charge >= 0.3 is 0 Å². The number of hydrogen-bond donors (Lipinski definition) is 3. The lowest BCUT2D eigenvalue weighted by molar-refractivity contribution is -0.123. The molecule has 0 aliphatic rings. The van der Waals surface area contributed by atoms with Gasteiger partial charge in [-0.25, -0.2) is 0 Å². The summed E-state index contributed by atoms with van der Waals surface area (Å²) in [7, 11) is 0. The molecule has 0 spiro atoms. The summed E-state index contributed by atoms with van der Waals surface area (Å²) in [6, 6.07) is -0.526. The van der Waals surface area contributed by atoms with E-state index in [9.17, 15) is 15.0 Å². The molecule has 0 aliphatic heterocycles. The lowest BCUT2D eigenvalue weighted by Crippen LogP contribution is -2.45. The molecule has 2 unspecified atom stereocenters. The van der Waals surface area contributed by atoms with Gasteiger partial charge in [-0.1, -0.05) is 251 Å². The van der Waals surface area contributed by atoms with E-state index in [0.717, 1.165) is 25.7 Å². The van der Waals surface area contributed by atoms with Crippen molar-refractivity contribution >= 4 is 5.91 Å². The van der Waals surface area contributed by atoms with Gasteiger partial charge in [0.05, 0.1) is 18.8 Å². The zero-order valence-corrected chi connectivity index (χ0v) is 34.4. The van der Waals surface area contributed by atoms with Crippen molar-refractivity contribution in [2.75, 3.05) is 6.61 Å². The monoisotopic (exact) mass is 708 g/mol. The molecule has 0 bridgehead atoms. The van der Waals surface area contributed by atoms with Gasteiger partial charge in [-0.3, -0.25) is 4.79 Å². The Morgan fingerprint density at radius 1 is 0.400 bits per heavy atom. The molecular formula is C46H93NO3. The first-order chi connectivity index (χ1) is 24.7. The Labute approximate surface area is 314 Å². The van der Waals surface area contributed by atoms with Crippen molar-refractivity contribution in [2.24, 2.45) is 0 Å². The van der Waals surface area contributed by atoms with E-state index < -0.39 is 12.1 Å². The van der Waals surface area contributed by atoms with Crippen LogP contribution in [0.2, 0.25) is 0 Å². The third-order valence-corrected chi connectivity index (χ3v) is 11.1. The Hall–Kier alpha value is -0.610. The molecule has 0 aromatic heterocycles. The van der Waals surface area contributed by atoms with Gasteiger partial charge in [0.15, 0.2) is 0 Å². The summed E-state index contributed by atoms with van der Waals surface area (Å²) >= 11 is 0. The molecule has 1 amide bonds. The van der Waals surface area contributed by atoms with E-state index >= 15 is 0 Å². The van der Waals surface area contributed by atoms with E-state index in [4.69, 9.17) is 0 Å². The minimum atomic E-state index is -0.650. The number of nitrogens with one attached hydrogen (secondary N) is 1. The predicted molar refractivity (Wildman–Crippen MR) is 221 cm³/mol. The molecule has 0 saturated carbocycles. The Balaban J connectivity index is 3.28. The number of amides is 1. The maximum atomic E-state index is 12.3. The zero-order chi connectivity index (χ0) is 36.4. The van der Waals surface area contributed by atoms with Gasteiger partial charge < -0.3 is 15.5 Å². The highest BCUT2D eigenvalue weighted by atomic mass is 16.3. The Morgan fingerprint density at radius 2 is 0.640 bits per heavy atom. The highest BCUT2D eigenvalue weighted by Crippen LogP contribution is 2.17. The maximum absolute atomic E-state index is 12.3. The zero-order valence-electron chi connectivity index (χ0n) is 34.4. The van der Waals surface area contributed by atoms with Crippen LogP contribution in [0.15, 0.2) is 0 Å². The second-order valence-electron chi connectivity index (χ2n) is 16.2. The third-order valence-electron chi connectivity index (χ3n) is 11.1. The Morgan fingerprint density at radius 3 is 0.900 bits per heavy atom. The smallest absolute Gasteiger partial charge is 0.220 e. The van der Waals surface area contributed by atoms with Gasteiger partial charge in [0.25, 0.3) is 0 Å². The van der Waals surface area contributed by atoms with Crippen molar-refractivity contribution in [3.8, 4) is 0 Å². The van der Waals surface area contributed by atoms with Crippen LogP contribution in [0.3, 0.4) is 0 Å². The average molecular weight is 708 g/mol. The molecule has 0 rings (SSSR count). The van der Waals surface area contributed by atoms with Gasteiger partial charge in [-0.15, -0.1) is 0 Å². The summed E-state index contributed by atoms with van der Waals surface area (Å²) in [4.78, 5) is 12.3. The van der Waals surface area contributed by atoms with Gasteiger partial charge in [-0.2, -0.15) is 0 Å². The number of hydrogen-bond acceptors (Lipinski definition) is 3. The van der Waals surface area contributed by atoms with Crippen LogP contribution < -0.4 is 5.32 Å². The van der Waals surface area contributed by atoms with Crippen LogP contribution in [-0.4, -0.2) is 34.9 Å². The van der Waals surface area contributed by atoms with Gasteiger partial charge in [0, 0.05) is 6.42 Å². The van der Waals surface area contributed by atoms with Crippen molar-refractivity contribution in [1.29, 1.82) is 0 Å². The molecular weight excluding hydrogens is 615 g/mol. The van der Waals surface area contributed by atoms with E-state index in [-0.39, 0.29) is 12.5 Å². The van der Waals surface area contributed by atoms with E-state index in [0.29, 0.717) is 12.8 Å². The quantitative estimate of drug-likeness (QED) is 0.0553. The summed E-state index contributed by atoms with van der Waals surface area (Å²) in [5.41, 5.74) is 0. The van der Waals surface area contributed by atoms with Crippen molar-refractivity contribution in [1.82, 2.24) is 5.32 Å². The number of rotatable bonds is 43. The normalized spacial score (nSPS) is 12.8. The van der Waals surface area contributed by atoms with E-state index in [1.807, 2.05) is 0 Å². The van der Waals surface area contributed by atoms with Gasteiger partial charge in [-0.05, 0) is 12.8 Å². The second-order valence-corrected chi connectivity index (χ2v) is 16.2. The van der Waals surface area contributed by atoms with E-state index in [1.54, 1.807) is 0 Å². The Bertz CT molecular complexity index is 641. The van der Waals surface area contributed by atoms with Crippen LogP contribution in [0.4, 0.5) is 0 Å². The topological polar surface area (TPSA) is 69.6 Å². The maximum Gasteiger partial charge on any atom is 0.220 e. The molecule has 0 fully saturated rings. The first-order valence-corrected chi connectivity index (χ1v) is 23.2. The van der Waals surface area contributed by atoms with Gasteiger partial charge in [0.2, 0.25) is 5.91 Å². The summed E-state index contributed by atoms with van der Waals surface area (Å²) in [6.45, 7) is 4.32. The molecule has 0 radical (unpaired) electrons. The Kier molecular flexibility index (Phi) is 42.3. The summed E-state index contributed by atoms with van der Waals surface area (Å²) in [6.07, 6.45) is 52.4. The number of carbonyl (C=O) groups excluding carboxylic acids is 1. The van der Waals surface area contributed by atoms with E-state index in [1.165, 1.54) is 218 Å². The van der Waals surface area contributed by atoms with E-state index in [2.05, 4.69) is 19.2 Å². The van der Waals surface area contributed by atoms with Crippen LogP contribution in [0.1, 0.15) is 271 Å². The minimum Gasteiger partial charge on any atom is -0.394 e. The van der Waals surface area contributed by atoms with Crippen molar-refractivity contribution in [3.63, 3.8) is 0 Å². The number of aliphatic hydroxyl groups is 2. The molecule has 0 heterocycles. The van der Waals surface area contributed by atoms with Crippen molar-refractivity contribution < 1.29 is 15.0 Å². The van der Waals surface area contributed by atoms with Crippen LogP contribution in [0.5, 0.6) is 0 Å². The fraction of sp³-hybridized carbons (Fsp3) is 0.978. The molecule has 50 heavy (non-hydrogen) atoms. The summed E-state index contributed by atoms with van der Waals surface area (Å²) in [5, 5.41) is 22.9. The SMILES string of the molecule is CCCCCCCCCCCCCCCCCCCCCCCCCCCCCCCCCCC(=O)NC(CO)C(O)CCCCCCCC. The van der Waals surface area contributed by atoms with Crippen LogP contribution >= 0.6 is 0 Å². The number of unbranched alkanes of at least 4 members (excludes halogenated alkanes) is 36. The standard InChI is InChI=1S/C46H93NO3/c1-3-5-7-9-11-12-13-14-15-16-17-18-19-20-21-22-23-24-25-26-27-28-29-30-31-32-33-34-35-36-38-40-42-46(50)47-44(43-48)45(49)41-39-37-10-8-6-4-2/h44-45,48-49H,3-43H2,1-2H3,(H,47,50). The highest BCUT2D eigenvalue weighted by molar-refractivity contribution is 5.76. The highest BCUT2D eigenvalue weighted by Gasteiger charge is 2.20. The molecule has 2 atom stereocenters. The van der Waals surface area contributed by atoms with Crippen LogP contribution in [-0.2, 0) is 4.79 Å². The van der Waals surface area contributed by atoms with Gasteiger partial charge in [0.1, 0.15) is 0 Å². The first kappa shape index (κ1) is 49.4. The van der Waals surface area contributed by atoms with Crippen LogP contribution in [0, 0.1) is 0 Å². The number of carbonyl (C=O) groups is 1. The lowest BCUT2D eigenvalue weighted by Gasteiger charge is -2.22. The minimum absolute atomic E-state index is 0.0309. The molecule has 0 saturated heterocycles. The lowest BCUT2D eigenvalue weighted by atomic mass is 10.0. The molecule has 0 aromatic rings. The molecule has 4 nitrogen and oxygen atoms in total. The van der Waals surface area contributed by atoms with Crippen LogP contribution in [0.25, 0.3) is 0 Å². The summed E-state index contributed by atoms with van der Waals surface area (Å²) < 4.78 is 0. The summed E-state index contributed by atoms with van der Waals surface area (Å²) in [5.74, 6) is -0.0309. The van der Waals surface area contributed by atoms with Crippen molar-refractivity contribution in [3.05, 3.63) is 0 Å². The molecule has 0 aliphatic carbocycles. The third kappa shape index (κ3) is 38.6. The predicted octanol–water partition coefficient (Wildman–Crippen LogP) is 14.5. The first-order valence-electron chi connectivity index (χ1n) is 23.2. The molecule has 4 heteroatoms. The molecule has 3 N–H and O–H groups in total. The fourth-order valence-corrected chi connectivity index (χ4v) is 7.54. The largest absolute Gasteiger partial charge is 0.394 e. The van der Waals surface area contributed by atoms with Crippen molar-refractivity contribution in [2.45, 2.75) is 283 Å². The number of aliphatic hydroxyl groups excluding tert-OH is 2.